The third kappa shape index (κ3) is 2.38. The van der Waals surface area contributed by atoms with Gasteiger partial charge in [-0.2, -0.15) is 0 Å². The molecular weight excluding hydrogens is 251 g/mol. The third-order valence-corrected chi connectivity index (χ3v) is 2.68. The number of pyridine rings is 1. The second kappa shape index (κ2) is 5.03. The maximum absolute atomic E-state index is 12.9. The molecule has 19 heavy (non-hydrogen) atoms. The summed E-state index contributed by atoms with van der Waals surface area (Å²) in [6.07, 6.45) is 0. The Morgan fingerprint density at radius 1 is 1.21 bits per heavy atom. The molecule has 3 N–H and O–H groups in total. The Labute approximate surface area is 107 Å². The van der Waals surface area contributed by atoms with Crippen LogP contribution in [0.2, 0.25) is 0 Å². The quantitative estimate of drug-likeness (QED) is 0.847. The van der Waals surface area contributed by atoms with E-state index in [0.29, 0.717) is 5.69 Å². The zero-order valence-corrected chi connectivity index (χ0v) is 9.84. The number of halogens is 1. The van der Waals surface area contributed by atoms with Crippen LogP contribution in [0.15, 0.2) is 41.2 Å². The van der Waals surface area contributed by atoms with Gasteiger partial charge in [0.1, 0.15) is 11.4 Å². The molecule has 0 atom stereocenters. The van der Waals surface area contributed by atoms with Crippen molar-refractivity contribution in [3.8, 4) is 5.69 Å². The average molecular weight is 262 g/mol. The highest BCUT2D eigenvalue weighted by Crippen LogP contribution is 2.11. The van der Waals surface area contributed by atoms with Crippen molar-refractivity contribution in [3.05, 3.63) is 63.8 Å². The van der Waals surface area contributed by atoms with Crippen LogP contribution in [0.4, 0.5) is 4.39 Å². The minimum Gasteiger partial charge on any atom is -0.390 e. The lowest BCUT2D eigenvalue weighted by atomic mass is 10.2. The summed E-state index contributed by atoms with van der Waals surface area (Å²) < 4.78 is 14.0. The number of hydrogen-bond donors (Lipinski definition) is 2. The Morgan fingerprint density at radius 2 is 1.84 bits per heavy atom. The molecule has 0 spiro atoms. The summed E-state index contributed by atoms with van der Waals surface area (Å²) in [5.74, 6) is -1.31. The number of primary amides is 1. The molecule has 2 aromatic rings. The molecule has 0 saturated carbocycles. The predicted octanol–water partition coefficient (Wildman–Crippen LogP) is 0.568. The average Bonchev–Trinajstić information content (AvgIpc) is 2.39. The van der Waals surface area contributed by atoms with Gasteiger partial charge in [0.2, 0.25) is 0 Å². The first-order valence-corrected chi connectivity index (χ1v) is 5.46. The number of aliphatic hydroxyl groups is 1. The van der Waals surface area contributed by atoms with Gasteiger partial charge in [0.15, 0.2) is 0 Å². The molecule has 0 aliphatic heterocycles. The molecule has 0 aliphatic rings. The normalized spacial score (nSPS) is 10.4. The summed E-state index contributed by atoms with van der Waals surface area (Å²) in [5, 5.41) is 9.24. The molecule has 1 heterocycles. The van der Waals surface area contributed by atoms with Gasteiger partial charge >= 0.3 is 0 Å². The van der Waals surface area contributed by atoms with Crippen molar-refractivity contribution >= 4 is 5.91 Å². The van der Waals surface area contributed by atoms with E-state index in [0.717, 1.165) is 4.57 Å². The summed E-state index contributed by atoms with van der Waals surface area (Å²) >= 11 is 0. The number of aliphatic hydroxyl groups excluding tert-OH is 1. The van der Waals surface area contributed by atoms with Crippen LogP contribution < -0.4 is 11.3 Å². The topological polar surface area (TPSA) is 85.3 Å². The molecule has 1 aromatic heterocycles. The molecule has 0 unspecified atom stereocenters. The van der Waals surface area contributed by atoms with Crippen molar-refractivity contribution in [3.63, 3.8) is 0 Å². The van der Waals surface area contributed by atoms with E-state index in [4.69, 9.17) is 5.73 Å². The molecule has 0 radical (unpaired) electrons. The first-order chi connectivity index (χ1) is 9.04. The minimum atomic E-state index is -0.856. The molecule has 6 heteroatoms. The molecule has 98 valence electrons. The second-order valence-electron chi connectivity index (χ2n) is 3.88. The minimum absolute atomic E-state index is 0.193. The lowest BCUT2D eigenvalue weighted by Gasteiger charge is -2.12. The summed E-state index contributed by atoms with van der Waals surface area (Å²) in [5.41, 5.74) is 4.89. The van der Waals surface area contributed by atoms with Crippen LogP contribution in [-0.4, -0.2) is 15.6 Å². The molecule has 0 bridgehead atoms. The number of benzene rings is 1. The Kier molecular flexibility index (Phi) is 3.43. The fraction of sp³-hybridized carbons (Fsp3) is 0.0769. The third-order valence-electron chi connectivity index (χ3n) is 2.68. The predicted molar refractivity (Wildman–Crippen MR) is 66.4 cm³/mol. The van der Waals surface area contributed by atoms with E-state index in [1.807, 2.05) is 0 Å². The van der Waals surface area contributed by atoms with Gasteiger partial charge < -0.3 is 10.8 Å². The highest BCUT2D eigenvalue weighted by Gasteiger charge is 2.13. The van der Waals surface area contributed by atoms with Gasteiger partial charge in [-0.05, 0) is 36.4 Å². The monoisotopic (exact) mass is 262 g/mol. The van der Waals surface area contributed by atoms with Crippen molar-refractivity contribution in [1.82, 2.24) is 4.57 Å². The Morgan fingerprint density at radius 3 is 2.37 bits per heavy atom. The van der Waals surface area contributed by atoms with E-state index in [-0.39, 0.29) is 11.3 Å². The summed E-state index contributed by atoms with van der Waals surface area (Å²) in [6, 6.07) is 7.79. The summed E-state index contributed by atoms with van der Waals surface area (Å²) in [4.78, 5) is 23.3. The second-order valence-corrected chi connectivity index (χ2v) is 3.88. The fourth-order valence-electron chi connectivity index (χ4n) is 1.76. The van der Waals surface area contributed by atoms with Gasteiger partial charge in [0.25, 0.3) is 11.5 Å². The highest BCUT2D eigenvalue weighted by atomic mass is 19.1. The molecule has 0 fully saturated rings. The highest BCUT2D eigenvalue weighted by molar-refractivity contribution is 5.92. The van der Waals surface area contributed by atoms with Crippen molar-refractivity contribution in [2.75, 3.05) is 0 Å². The van der Waals surface area contributed by atoms with Crippen molar-refractivity contribution in [1.29, 1.82) is 0 Å². The number of amides is 1. The SMILES string of the molecule is NC(=O)c1ccc(CO)n(-c2ccc(F)cc2)c1=O. The van der Waals surface area contributed by atoms with E-state index < -0.39 is 23.9 Å². The number of aromatic nitrogens is 1. The molecule has 5 nitrogen and oxygen atoms in total. The largest absolute Gasteiger partial charge is 0.390 e. The lowest BCUT2D eigenvalue weighted by Crippen LogP contribution is -2.30. The number of nitrogens with zero attached hydrogens (tertiary/aromatic N) is 1. The first-order valence-electron chi connectivity index (χ1n) is 5.46. The first kappa shape index (κ1) is 13.0. The smallest absolute Gasteiger partial charge is 0.268 e. The van der Waals surface area contributed by atoms with Crippen molar-refractivity contribution in [2.24, 2.45) is 5.73 Å². The molecule has 1 amide bonds. The van der Waals surface area contributed by atoms with Crippen LogP contribution in [0.25, 0.3) is 5.69 Å². The van der Waals surface area contributed by atoms with E-state index in [1.54, 1.807) is 0 Å². The number of carbonyl (C=O) groups is 1. The van der Waals surface area contributed by atoms with Crippen LogP contribution in [0, 0.1) is 5.82 Å². The van der Waals surface area contributed by atoms with Gasteiger partial charge in [-0.3, -0.25) is 14.2 Å². The van der Waals surface area contributed by atoms with Crippen LogP contribution in [-0.2, 0) is 6.61 Å². The fourth-order valence-corrected chi connectivity index (χ4v) is 1.76. The maximum atomic E-state index is 12.9. The van der Waals surface area contributed by atoms with Crippen LogP contribution in [0.3, 0.4) is 0 Å². The molecule has 2 rings (SSSR count). The Bertz CT molecular complexity index is 677. The van der Waals surface area contributed by atoms with Gasteiger partial charge in [-0.15, -0.1) is 0 Å². The van der Waals surface area contributed by atoms with E-state index >= 15 is 0 Å². The molecule has 0 saturated heterocycles. The maximum Gasteiger partial charge on any atom is 0.268 e. The van der Waals surface area contributed by atoms with Crippen LogP contribution in [0.1, 0.15) is 16.1 Å². The van der Waals surface area contributed by atoms with Gasteiger partial charge in [0.05, 0.1) is 12.3 Å². The Balaban J connectivity index is 2.73. The molecule has 0 aliphatic carbocycles. The van der Waals surface area contributed by atoms with Crippen molar-refractivity contribution in [2.45, 2.75) is 6.61 Å². The number of hydrogen-bond acceptors (Lipinski definition) is 3. The summed E-state index contributed by atoms with van der Waals surface area (Å²) in [6.45, 7) is -0.397. The summed E-state index contributed by atoms with van der Waals surface area (Å²) in [7, 11) is 0. The number of rotatable bonds is 3. The molecular formula is C13H11FN2O3. The Hall–Kier alpha value is -2.47. The number of nitrogens with two attached hydrogens (primary N) is 1. The van der Waals surface area contributed by atoms with Crippen LogP contribution >= 0.6 is 0 Å². The van der Waals surface area contributed by atoms with Gasteiger partial charge in [-0.25, -0.2) is 4.39 Å². The van der Waals surface area contributed by atoms with Gasteiger partial charge in [-0.1, -0.05) is 0 Å². The van der Waals surface area contributed by atoms with Crippen LogP contribution in [0.5, 0.6) is 0 Å². The van der Waals surface area contributed by atoms with Gasteiger partial charge in [0, 0.05) is 5.69 Å². The zero-order valence-electron chi connectivity index (χ0n) is 9.84. The van der Waals surface area contributed by atoms with E-state index in [2.05, 4.69) is 0 Å². The van der Waals surface area contributed by atoms with E-state index in [9.17, 15) is 19.1 Å². The van der Waals surface area contributed by atoms with E-state index in [1.165, 1.54) is 36.4 Å². The van der Waals surface area contributed by atoms with Crippen molar-refractivity contribution < 1.29 is 14.3 Å². The standard InChI is InChI=1S/C13H11FN2O3/c14-8-1-3-9(4-2-8)16-10(7-17)5-6-11(12(15)18)13(16)19/h1-6,17H,7H2,(H2,15,18). The number of carbonyl (C=O) groups excluding carboxylic acids is 1. The lowest BCUT2D eigenvalue weighted by molar-refractivity contribution is 0.0998. The molecule has 1 aromatic carbocycles. The zero-order chi connectivity index (χ0) is 14.0.